The van der Waals surface area contributed by atoms with Gasteiger partial charge in [0.05, 0.1) is 10.5 Å². The zero-order valence-corrected chi connectivity index (χ0v) is 11.5. The minimum Gasteiger partial charge on any atom is -0.389 e. The largest absolute Gasteiger partial charge is 0.389 e. The molecule has 5 nitrogen and oxygen atoms in total. The van der Waals surface area contributed by atoms with Crippen LogP contribution in [0.5, 0.6) is 0 Å². The third kappa shape index (κ3) is 3.52. The first-order chi connectivity index (χ1) is 9.39. The van der Waals surface area contributed by atoms with E-state index < -0.39 is 16.3 Å². The van der Waals surface area contributed by atoms with Gasteiger partial charge < -0.3 is 5.11 Å². The van der Waals surface area contributed by atoms with Gasteiger partial charge in [0.25, 0.3) is 5.69 Å². The standard InChI is InChI=1S/C14H19FN2O3/c1-16(10-14(18)6-2-3-7-14)9-11-8-12(15)4-5-13(11)17(19)20/h4-5,8,18H,2-3,6-7,9-10H2,1H3. The maximum atomic E-state index is 13.3. The Labute approximate surface area is 117 Å². The SMILES string of the molecule is CN(Cc1cc(F)ccc1[N+](=O)[O-])CC1(O)CCCC1. The minimum atomic E-state index is -0.711. The average Bonchev–Trinajstić information content (AvgIpc) is 2.74. The second-order valence-corrected chi connectivity index (χ2v) is 5.63. The van der Waals surface area contributed by atoms with Crippen LogP contribution >= 0.6 is 0 Å². The summed E-state index contributed by atoms with van der Waals surface area (Å²) < 4.78 is 13.3. The minimum absolute atomic E-state index is 0.0864. The van der Waals surface area contributed by atoms with E-state index in [2.05, 4.69) is 0 Å². The Morgan fingerprint density at radius 1 is 1.45 bits per heavy atom. The lowest BCUT2D eigenvalue weighted by molar-refractivity contribution is -0.385. The molecule has 1 aromatic rings. The summed E-state index contributed by atoms with van der Waals surface area (Å²) in [6.07, 6.45) is 3.51. The van der Waals surface area contributed by atoms with Gasteiger partial charge in [-0.25, -0.2) is 4.39 Å². The first-order valence-corrected chi connectivity index (χ1v) is 6.73. The normalized spacial score (nSPS) is 17.6. The highest BCUT2D eigenvalue weighted by molar-refractivity contribution is 5.40. The summed E-state index contributed by atoms with van der Waals surface area (Å²) in [6, 6.07) is 3.46. The number of rotatable bonds is 5. The van der Waals surface area contributed by atoms with Crippen molar-refractivity contribution in [1.29, 1.82) is 0 Å². The van der Waals surface area contributed by atoms with E-state index in [-0.39, 0.29) is 12.2 Å². The smallest absolute Gasteiger partial charge is 0.274 e. The predicted octanol–water partition coefficient (Wildman–Crippen LogP) is 2.47. The quantitative estimate of drug-likeness (QED) is 0.665. The van der Waals surface area contributed by atoms with E-state index in [1.165, 1.54) is 12.1 Å². The number of hydrogen-bond donors (Lipinski definition) is 1. The van der Waals surface area contributed by atoms with Crippen molar-refractivity contribution < 1.29 is 14.4 Å². The number of nitro benzene ring substituents is 1. The number of benzene rings is 1. The van der Waals surface area contributed by atoms with Gasteiger partial charge in [-0.1, -0.05) is 12.8 Å². The highest BCUT2D eigenvalue weighted by Crippen LogP contribution is 2.30. The molecular weight excluding hydrogens is 263 g/mol. The third-order valence-electron chi connectivity index (χ3n) is 3.78. The molecule has 0 radical (unpaired) electrons. The first-order valence-electron chi connectivity index (χ1n) is 6.73. The molecule has 6 heteroatoms. The molecule has 0 saturated heterocycles. The van der Waals surface area contributed by atoms with Gasteiger partial charge in [-0.05, 0) is 32.0 Å². The maximum Gasteiger partial charge on any atom is 0.274 e. The second-order valence-electron chi connectivity index (χ2n) is 5.63. The van der Waals surface area contributed by atoms with Crippen LogP contribution in [0.1, 0.15) is 31.2 Å². The van der Waals surface area contributed by atoms with Crippen molar-refractivity contribution in [1.82, 2.24) is 4.90 Å². The molecule has 2 rings (SSSR count). The summed E-state index contributed by atoms with van der Waals surface area (Å²) in [5, 5.41) is 21.3. The van der Waals surface area contributed by atoms with Crippen LogP contribution in [0.2, 0.25) is 0 Å². The van der Waals surface area contributed by atoms with Crippen molar-refractivity contribution in [2.75, 3.05) is 13.6 Å². The molecule has 0 unspecified atom stereocenters. The van der Waals surface area contributed by atoms with Crippen LogP contribution in [0.15, 0.2) is 18.2 Å². The van der Waals surface area contributed by atoms with Crippen LogP contribution in [0, 0.1) is 15.9 Å². The lowest BCUT2D eigenvalue weighted by Gasteiger charge is -2.28. The average molecular weight is 282 g/mol. The van der Waals surface area contributed by atoms with Gasteiger partial charge in [-0.3, -0.25) is 15.0 Å². The first kappa shape index (κ1) is 14.9. The molecule has 0 aliphatic heterocycles. The molecule has 0 aromatic heterocycles. The molecule has 1 N–H and O–H groups in total. The van der Waals surface area contributed by atoms with Crippen LogP contribution in [0.3, 0.4) is 0 Å². The zero-order chi connectivity index (χ0) is 14.8. The maximum absolute atomic E-state index is 13.3. The predicted molar refractivity (Wildman–Crippen MR) is 72.8 cm³/mol. The number of likely N-dealkylation sites (N-methyl/N-ethyl adjacent to an activating group) is 1. The van der Waals surface area contributed by atoms with Gasteiger partial charge in [0, 0.05) is 24.7 Å². The molecule has 0 spiro atoms. The van der Waals surface area contributed by atoms with E-state index in [4.69, 9.17) is 0 Å². The lowest BCUT2D eigenvalue weighted by Crippen LogP contribution is -2.38. The van der Waals surface area contributed by atoms with Gasteiger partial charge in [0.2, 0.25) is 0 Å². The molecule has 1 aliphatic rings. The summed E-state index contributed by atoms with van der Waals surface area (Å²) in [4.78, 5) is 12.2. The van der Waals surface area contributed by atoms with E-state index in [9.17, 15) is 19.6 Å². The second kappa shape index (κ2) is 5.85. The van der Waals surface area contributed by atoms with Crippen molar-refractivity contribution >= 4 is 5.69 Å². The van der Waals surface area contributed by atoms with Crippen LogP contribution in [-0.4, -0.2) is 34.1 Å². The molecule has 0 amide bonds. The number of nitro groups is 1. The number of halogens is 1. The van der Waals surface area contributed by atoms with Gasteiger partial charge >= 0.3 is 0 Å². The molecule has 20 heavy (non-hydrogen) atoms. The van der Waals surface area contributed by atoms with E-state index in [1.54, 1.807) is 7.05 Å². The van der Waals surface area contributed by atoms with Crippen molar-refractivity contribution in [2.24, 2.45) is 0 Å². The fourth-order valence-corrected chi connectivity index (χ4v) is 2.90. The van der Waals surface area contributed by atoms with E-state index >= 15 is 0 Å². The monoisotopic (exact) mass is 282 g/mol. The molecule has 0 atom stereocenters. The Morgan fingerprint density at radius 3 is 2.70 bits per heavy atom. The van der Waals surface area contributed by atoms with Crippen molar-refractivity contribution in [3.8, 4) is 0 Å². The number of aliphatic hydroxyl groups is 1. The van der Waals surface area contributed by atoms with Gasteiger partial charge in [-0.15, -0.1) is 0 Å². The van der Waals surface area contributed by atoms with E-state index in [0.717, 1.165) is 31.7 Å². The summed E-state index contributed by atoms with van der Waals surface area (Å²) in [5.74, 6) is -0.487. The van der Waals surface area contributed by atoms with E-state index in [1.807, 2.05) is 4.90 Å². The van der Waals surface area contributed by atoms with Gasteiger partial charge in [0.1, 0.15) is 5.82 Å². The Kier molecular flexibility index (Phi) is 4.35. The Morgan fingerprint density at radius 2 is 2.10 bits per heavy atom. The third-order valence-corrected chi connectivity index (χ3v) is 3.78. The zero-order valence-electron chi connectivity index (χ0n) is 11.5. The van der Waals surface area contributed by atoms with Gasteiger partial charge in [0.15, 0.2) is 0 Å². The summed E-state index contributed by atoms with van der Waals surface area (Å²) in [6.45, 7) is 0.692. The highest BCUT2D eigenvalue weighted by Gasteiger charge is 2.32. The van der Waals surface area contributed by atoms with Gasteiger partial charge in [-0.2, -0.15) is 0 Å². The van der Waals surface area contributed by atoms with E-state index in [0.29, 0.717) is 12.1 Å². The summed E-state index contributed by atoms with van der Waals surface area (Å²) >= 11 is 0. The van der Waals surface area contributed by atoms with Crippen molar-refractivity contribution in [2.45, 2.75) is 37.8 Å². The molecule has 110 valence electrons. The molecule has 1 aliphatic carbocycles. The molecular formula is C14H19FN2O3. The fraction of sp³-hybridized carbons (Fsp3) is 0.571. The van der Waals surface area contributed by atoms with Crippen LogP contribution in [-0.2, 0) is 6.54 Å². The fourth-order valence-electron chi connectivity index (χ4n) is 2.90. The molecule has 1 aromatic carbocycles. The Hall–Kier alpha value is -1.53. The number of hydrogen-bond acceptors (Lipinski definition) is 4. The van der Waals surface area contributed by atoms with Crippen molar-refractivity contribution in [3.05, 3.63) is 39.7 Å². The molecule has 0 heterocycles. The highest BCUT2D eigenvalue weighted by atomic mass is 19.1. The summed E-state index contributed by atoms with van der Waals surface area (Å²) in [5.41, 5.74) is -0.465. The topological polar surface area (TPSA) is 66.6 Å². The molecule has 1 fully saturated rings. The molecule has 1 saturated carbocycles. The van der Waals surface area contributed by atoms with Crippen LogP contribution in [0.25, 0.3) is 0 Å². The Balaban J connectivity index is 2.08. The lowest BCUT2D eigenvalue weighted by atomic mass is 10.0. The Bertz CT molecular complexity index is 501. The van der Waals surface area contributed by atoms with Crippen LogP contribution < -0.4 is 0 Å². The molecule has 0 bridgehead atoms. The van der Waals surface area contributed by atoms with Crippen molar-refractivity contribution in [3.63, 3.8) is 0 Å². The number of nitrogens with zero attached hydrogens (tertiary/aromatic N) is 2. The van der Waals surface area contributed by atoms with Crippen LogP contribution in [0.4, 0.5) is 10.1 Å². The summed E-state index contributed by atoms with van der Waals surface area (Å²) in [7, 11) is 1.78.